The number of benzene rings is 1. The molecular weight excluding hydrogens is 176 g/mol. The van der Waals surface area contributed by atoms with Crippen LogP contribution in [0.15, 0.2) is 30.3 Å². The first kappa shape index (κ1) is 9.06. The summed E-state index contributed by atoms with van der Waals surface area (Å²) in [6, 6.07) is 9.89. The van der Waals surface area contributed by atoms with Crippen LogP contribution in [0.4, 0.5) is 5.69 Å². The fourth-order valence-electron chi connectivity index (χ4n) is 1.78. The molecule has 1 aliphatic rings. The molecule has 1 heterocycles. The fraction of sp³-hybridized carbons (Fsp3) is 0.364. The molecule has 0 bridgehead atoms. The summed E-state index contributed by atoms with van der Waals surface area (Å²) in [5, 5.41) is 1.93. The van der Waals surface area contributed by atoms with Crippen molar-refractivity contribution >= 4 is 11.6 Å². The lowest BCUT2D eigenvalue weighted by Gasteiger charge is -2.31. The highest BCUT2D eigenvalue weighted by Crippen LogP contribution is 2.28. The SMILES string of the molecule is CC1(C)CC(=O)NN1c1ccccc1. The van der Waals surface area contributed by atoms with E-state index < -0.39 is 0 Å². The van der Waals surface area contributed by atoms with E-state index in [0.29, 0.717) is 6.42 Å². The number of nitrogens with zero attached hydrogens (tertiary/aromatic N) is 1. The van der Waals surface area contributed by atoms with Crippen LogP contribution in [0.25, 0.3) is 0 Å². The van der Waals surface area contributed by atoms with Crippen LogP contribution in [0.5, 0.6) is 0 Å². The van der Waals surface area contributed by atoms with E-state index in [1.165, 1.54) is 0 Å². The van der Waals surface area contributed by atoms with Crippen LogP contribution in [-0.2, 0) is 4.79 Å². The molecule has 3 nitrogen and oxygen atoms in total. The van der Waals surface area contributed by atoms with Crippen molar-refractivity contribution in [1.29, 1.82) is 0 Å². The highest BCUT2D eigenvalue weighted by molar-refractivity contribution is 5.83. The fourth-order valence-corrected chi connectivity index (χ4v) is 1.78. The van der Waals surface area contributed by atoms with Gasteiger partial charge in [0.1, 0.15) is 0 Å². The van der Waals surface area contributed by atoms with E-state index in [4.69, 9.17) is 0 Å². The van der Waals surface area contributed by atoms with Crippen LogP contribution in [-0.4, -0.2) is 11.4 Å². The lowest BCUT2D eigenvalue weighted by atomic mass is 10.0. The van der Waals surface area contributed by atoms with Crippen LogP contribution in [0.3, 0.4) is 0 Å². The maximum Gasteiger partial charge on any atom is 0.240 e. The zero-order valence-electron chi connectivity index (χ0n) is 8.45. The summed E-state index contributed by atoms with van der Waals surface area (Å²) in [6.07, 6.45) is 0.544. The van der Waals surface area contributed by atoms with Gasteiger partial charge in [0.05, 0.1) is 17.6 Å². The summed E-state index contributed by atoms with van der Waals surface area (Å²) < 4.78 is 0. The topological polar surface area (TPSA) is 32.3 Å². The predicted molar refractivity (Wildman–Crippen MR) is 55.8 cm³/mol. The quantitative estimate of drug-likeness (QED) is 0.731. The highest BCUT2D eigenvalue weighted by Gasteiger charge is 2.37. The first-order valence-corrected chi connectivity index (χ1v) is 4.74. The van der Waals surface area contributed by atoms with Crippen molar-refractivity contribution in [2.24, 2.45) is 0 Å². The lowest BCUT2D eigenvalue weighted by Crippen LogP contribution is -2.44. The third-order valence-corrected chi connectivity index (χ3v) is 2.45. The predicted octanol–water partition coefficient (Wildman–Crippen LogP) is 1.71. The number of hydrazine groups is 1. The molecule has 1 fully saturated rings. The van der Waals surface area contributed by atoms with Gasteiger partial charge in [0.2, 0.25) is 5.91 Å². The molecule has 1 saturated heterocycles. The monoisotopic (exact) mass is 190 g/mol. The van der Waals surface area contributed by atoms with Crippen molar-refractivity contribution in [3.63, 3.8) is 0 Å². The van der Waals surface area contributed by atoms with Gasteiger partial charge in [-0.2, -0.15) is 0 Å². The molecule has 0 unspecified atom stereocenters. The van der Waals surface area contributed by atoms with Crippen molar-refractivity contribution in [3.05, 3.63) is 30.3 Å². The van der Waals surface area contributed by atoms with E-state index >= 15 is 0 Å². The molecule has 14 heavy (non-hydrogen) atoms. The van der Waals surface area contributed by atoms with E-state index in [1.807, 2.05) is 35.3 Å². The van der Waals surface area contributed by atoms with Gasteiger partial charge >= 0.3 is 0 Å². The Morgan fingerprint density at radius 1 is 1.29 bits per heavy atom. The van der Waals surface area contributed by atoms with Gasteiger partial charge < -0.3 is 0 Å². The van der Waals surface area contributed by atoms with Gasteiger partial charge in [-0.1, -0.05) is 18.2 Å². The number of carbonyl (C=O) groups is 1. The molecule has 0 aromatic heterocycles. The van der Waals surface area contributed by atoms with E-state index in [-0.39, 0.29) is 11.4 Å². The Kier molecular flexibility index (Phi) is 1.95. The minimum Gasteiger partial charge on any atom is -0.280 e. The van der Waals surface area contributed by atoms with Crippen molar-refractivity contribution in [2.45, 2.75) is 25.8 Å². The third-order valence-electron chi connectivity index (χ3n) is 2.45. The molecule has 2 rings (SSSR count). The standard InChI is InChI=1S/C11H14N2O/c1-11(2)8-10(14)12-13(11)9-6-4-3-5-7-9/h3-7H,8H2,1-2H3,(H,12,14). The minimum atomic E-state index is -0.140. The van der Waals surface area contributed by atoms with Gasteiger partial charge in [0.15, 0.2) is 0 Å². The highest BCUT2D eigenvalue weighted by atomic mass is 16.2. The Labute approximate surface area is 83.7 Å². The average molecular weight is 190 g/mol. The molecular formula is C11H14N2O. The van der Waals surface area contributed by atoms with Crippen LogP contribution >= 0.6 is 0 Å². The Hall–Kier alpha value is -1.51. The minimum absolute atomic E-state index is 0.0823. The van der Waals surface area contributed by atoms with Gasteiger partial charge in [-0.25, -0.2) is 0 Å². The van der Waals surface area contributed by atoms with Crippen molar-refractivity contribution in [1.82, 2.24) is 5.43 Å². The normalized spacial score (nSPS) is 19.6. The molecule has 0 radical (unpaired) electrons. The smallest absolute Gasteiger partial charge is 0.240 e. The number of para-hydroxylation sites is 1. The number of hydrogen-bond acceptors (Lipinski definition) is 2. The number of carbonyl (C=O) groups excluding carboxylic acids is 1. The van der Waals surface area contributed by atoms with Crippen LogP contribution in [0.2, 0.25) is 0 Å². The Morgan fingerprint density at radius 2 is 1.93 bits per heavy atom. The largest absolute Gasteiger partial charge is 0.280 e. The Morgan fingerprint density at radius 3 is 2.43 bits per heavy atom. The first-order chi connectivity index (χ1) is 6.59. The van der Waals surface area contributed by atoms with Crippen molar-refractivity contribution in [2.75, 3.05) is 5.01 Å². The number of anilines is 1. The second-order valence-electron chi connectivity index (χ2n) is 4.20. The van der Waals surface area contributed by atoms with Crippen LogP contribution in [0, 0.1) is 0 Å². The second-order valence-corrected chi connectivity index (χ2v) is 4.20. The van der Waals surface area contributed by atoms with Crippen LogP contribution in [0.1, 0.15) is 20.3 Å². The second kappa shape index (κ2) is 3.01. The molecule has 1 aromatic rings. The number of hydrogen-bond donors (Lipinski definition) is 1. The van der Waals surface area contributed by atoms with Crippen molar-refractivity contribution in [3.8, 4) is 0 Å². The molecule has 1 N–H and O–H groups in total. The molecule has 74 valence electrons. The summed E-state index contributed by atoms with van der Waals surface area (Å²) >= 11 is 0. The van der Waals surface area contributed by atoms with Gasteiger partial charge in [-0.3, -0.25) is 15.2 Å². The maximum absolute atomic E-state index is 11.3. The summed E-state index contributed by atoms with van der Waals surface area (Å²) in [4.78, 5) is 11.3. The van der Waals surface area contributed by atoms with E-state index in [2.05, 4.69) is 19.3 Å². The van der Waals surface area contributed by atoms with Crippen molar-refractivity contribution < 1.29 is 4.79 Å². The van der Waals surface area contributed by atoms with Gasteiger partial charge in [-0.05, 0) is 26.0 Å². The zero-order chi connectivity index (χ0) is 10.2. The van der Waals surface area contributed by atoms with Gasteiger partial charge in [0.25, 0.3) is 0 Å². The molecule has 0 saturated carbocycles. The maximum atomic E-state index is 11.3. The Bertz CT molecular complexity index is 346. The first-order valence-electron chi connectivity index (χ1n) is 4.74. The molecule has 3 heteroatoms. The summed E-state index contributed by atoms with van der Waals surface area (Å²) in [7, 11) is 0. The van der Waals surface area contributed by atoms with Gasteiger partial charge in [0, 0.05) is 0 Å². The van der Waals surface area contributed by atoms with Crippen LogP contribution < -0.4 is 10.4 Å². The number of rotatable bonds is 1. The van der Waals surface area contributed by atoms with Gasteiger partial charge in [-0.15, -0.1) is 0 Å². The molecule has 0 spiro atoms. The molecule has 1 aromatic carbocycles. The molecule has 1 aliphatic heterocycles. The lowest BCUT2D eigenvalue weighted by molar-refractivity contribution is -0.119. The summed E-state index contributed by atoms with van der Waals surface area (Å²) in [5.74, 6) is 0.0823. The third kappa shape index (κ3) is 1.45. The van der Waals surface area contributed by atoms with E-state index in [1.54, 1.807) is 0 Å². The number of nitrogens with one attached hydrogen (secondary N) is 1. The zero-order valence-corrected chi connectivity index (χ0v) is 8.45. The summed E-state index contributed by atoms with van der Waals surface area (Å²) in [6.45, 7) is 4.11. The average Bonchev–Trinajstić information content (AvgIpc) is 2.41. The molecule has 0 atom stereocenters. The molecule has 0 aliphatic carbocycles. The molecule has 1 amide bonds. The number of amides is 1. The van der Waals surface area contributed by atoms with E-state index in [0.717, 1.165) is 5.69 Å². The van der Waals surface area contributed by atoms with E-state index in [9.17, 15) is 4.79 Å². The summed E-state index contributed by atoms with van der Waals surface area (Å²) in [5.41, 5.74) is 3.75. The Balaban J connectivity index is 2.32.